The minimum Gasteiger partial charge on any atom is -0.493 e. The Bertz CT molecular complexity index is 1080. The number of anilines is 1. The van der Waals surface area contributed by atoms with Gasteiger partial charge in [0.25, 0.3) is 5.78 Å². The fourth-order valence-electron chi connectivity index (χ4n) is 5.28. The van der Waals surface area contributed by atoms with E-state index in [9.17, 15) is 0 Å². The number of methoxy groups -OCH3 is 2. The van der Waals surface area contributed by atoms with Crippen molar-refractivity contribution >= 4 is 11.6 Å². The third-order valence-electron chi connectivity index (χ3n) is 6.94. The first-order valence-electron chi connectivity index (χ1n) is 11.6. The second kappa shape index (κ2) is 8.94. The number of rotatable bonds is 5. The normalized spacial score (nSPS) is 20.6. The SMILES string of the molecule is COc1ccc(-c2cnc3ncnn3c2N2CCC(N3CCCC(C)C3)CC2)cc1OC. The number of aromatic nitrogens is 4. The lowest BCUT2D eigenvalue weighted by Gasteiger charge is -2.42. The van der Waals surface area contributed by atoms with Crippen molar-refractivity contribution in [3.63, 3.8) is 0 Å². The monoisotopic (exact) mass is 436 g/mol. The molecule has 0 N–H and O–H groups in total. The maximum atomic E-state index is 5.55. The van der Waals surface area contributed by atoms with Crippen molar-refractivity contribution in [1.29, 1.82) is 0 Å². The summed E-state index contributed by atoms with van der Waals surface area (Å²) in [6.45, 7) is 6.86. The van der Waals surface area contributed by atoms with Gasteiger partial charge in [0.05, 0.1) is 14.2 Å². The first kappa shape index (κ1) is 21.0. The summed E-state index contributed by atoms with van der Waals surface area (Å²) in [5, 5.41) is 4.51. The lowest BCUT2D eigenvalue weighted by molar-refractivity contribution is 0.112. The minimum absolute atomic E-state index is 0.621. The average molecular weight is 437 g/mol. The van der Waals surface area contributed by atoms with E-state index in [1.807, 2.05) is 28.9 Å². The van der Waals surface area contributed by atoms with Crippen molar-refractivity contribution in [3.05, 3.63) is 30.7 Å². The van der Waals surface area contributed by atoms with Gasteiger partial charge < -0.3 is 14.4 Å². The van der Waals surface area contributed by atoms with Crippen LogP contribution in [-0.2, 0) is 0 Å². The Labute approximate surface area is 189 Å². The highest BCUT2D eigenvalue weighted by atomic mass is 16.5. The predicted octanol–water partition coefficient (Wildman–Crippen LogP) is 3.51. The van der Waals surface area contributed by atoms with E-state index >= 15 is 0 Å². The van der Waals surface area contributed by atoms with E-state index in [-0.39, 0.29) is 0 Å². The Morgan fingerprint density at radius 3 is 2.53 bits per heavy atom. The summed E-state index contributed by atoms with van der Waals surface area (Å²) in [5.41, 5.74) is 2.04. The van der Waals surface area contributed by atoms with Crippen LogP contribution in [0.4, 0.5) is 5.82 Å². The molecule has 2 saturated heterocycles. The third kappa shape index (κ3) is 3.88. The van der Waals surface area contributed by atoms with Gasteiger partial charge in [0, 0.05) is 37.4 Å². The van der Waals surface area contributed by atoms with Gasteiger partial charge in [-0.2, -0.15) is 14.6 Å². The molecule has 8 nitrogen and oxygen atoms in total. The Kier molecular flexibility index (Phi) is 5.87. The Morgan fingerprint density at radius 2 is 1.78 bits per heavy atom. The Hall–Kier alpha value is -2.87. The van der Waals surface area contributed by atoms with E-state index in [2.05, 4.69) is 31.8 Å². The lowest BCUT2D eigenvalue weighted by atomic mass is 9.95. The van der Waals surface area contributed by atoms with Crippen molar-refractivity contribution in [3.8, 4) is 22.6 Å². The molecule has 0 amide bonds. The molecule has 32 heavy (non-hydrogen) atoms. The molecule has 0 spiro atoms. The molecule has 1 aromatic carbocycles. The van der Waals surface area contributed by atoms with Gasteiger partial charge in [0.1, 0.15) is 12.1 Å². The van der Waals surface area contributed by atoms with Gasteiger partial charge >= 0.3 is 0 Å². The number of ether oxygens (including phenoxy) is 2. The summed E-state index contributed by atoms with van der Waals surface area (Å²) >= 11 is 0. The maximum Gasteiger partial charge on any atom is 0.254 e. The highest BCUT2D eigenvalue weighted by Crippen LogP contribution is 2.37. The number of nitrogens with zero attached hydrogens (tertiary/aromatic N) is 6. The number of fused-ring (bicyclic) bond motifs is 1. The number of likely N-dealkylation sites (tertiary alicyclic amines) is 1. The topological polar surface area (TPSA) is 68.0 Å². The zero-order valence-electron chi connectivity index (χ0n) is 19.2. The van der Waals surface area contributed by atoms with Crippen LogP contribution in [0.3, 0.4) is 0 Å². The molecule has 4 heterocycles. The molecule has 2 fully saturated rings. The van der Waals surface area contributed by atoms with Crippen LogP contribution in [0.2, 0.25) is 0 Å². The molecule has 0 bridgehead atoms. The maximum absolute atomic E-state index is 5.55. The molecular weight excluding hydrogens is 404 g/mol. The largest absolute Gasteiger partial charge is 0.493 e. The number of hydrogen-bond donors (Lipinski definition) is 0. The first-order chi connectivity index (χ1) is 15.7. The van der Waals surface area contributed by atoms with E-state index < -0.39 is 0 Å². The third-order valence-corrected chi connectivity index (χ3v) is 6.94. The molecule has 170 valence electrons. The second-order valence-corrected chi connectivity index (χ2v) is 9.00. The lowest BCUT2D eigenvalue weighted by Crippen LogP contribution is -2.48. The first-order valence-corrected chi connectivity index (χ1v) is 11.6. The molecule has 0 saturated carbocycles. The van der Waals surface area contributed by atoms with Gasteiger partial charge in [-0.25, -0.2) is 4.98 Å². The molecule has 2 aromatic heterocycles. The standard InChI is InChI=1S/C24H32N6O2/c1-17-5-4-10-29(15-17)19-8-11-28(12-9-19)23-20(14-25-24-26-16-27-30(23)24)18-6-7-21(31-2)22(13-18)32-3/h6-7,13-14,16-17,19H,4-5,8-12,15H2,1-3H3. The molecule has 3 aromatic rings. The van der Waals surface area contributed by atoms with E-state index in [0.29, 0.717) is 23.3 Å². The van der Waals surface area contributed by atoms with Gasteiger partial charge in [-0.15, -0.1) is 0 Å². The van der Waals surface area contributed by atoms with Crippen LogP contribution in [-0.4, -0.2) is 70.9 Å². The van der Waals surface area contributed by atoms with Gasteiger partial charge in [-0.05, 0) is 55.8 Å². The van der Waals surface area contributed by atoms with Crippen LogP contribution >= 0.6 is 0 Å². The van der Waals surface area contributed by atoms with Crippen LogP contribution in [0.25, 0.3) is 16.9 Å². The quantitative estimate of drug-likeness (QED) is 0.606. The molecule has 1 atom stereocenters. The minimum atomic E-state index is 0.621. The van der Waals surface area contributed by atoms with Gasteiger partial charge in [-0.3, -0.25) is 4.90 Å². The molecular formula is C24H32N6O2. The summed E-state index contributed by atoms with van der Waals surface area (Å²) < 4.78 is 12.8. The van der Waals surface area contributed by atoms with E-state index in [4.69, 9.17) is 9.47 Å². The van der Waals surface area contributed by atoms with Crippen molar-refractivity contribution < 1.29 is 9.47 Å². The molecule has 0 aliphatic carbocycles. The zero-order valence-corrected chi connectivity index (χ0v) is 19.2. The van der Waals surface area contributed by atoms with E-state index in [0.717, 1.165) is 48.8 Å². The highest BCUT2D eigenvalue weighted by Gasteiger charge is 2.30. The van der Waals surface area contributed by atoms with Crippen LogP contribution in [0.5, 0.6) is 11.5 Å². The zero-order chi connectivity index (χ0) is 22.1. The molecule has 5 rings (SSSR count). The van der Waals surface area contributed by atoms with Crippen LogP contribution in [0.1, 0.15) is 32.6 Å². The van der Waals surface area contributed by atoms with Gasteiger partial charge in [0.15, 0.2) is 11.5 Å². The van der Waals surface area contributed by atoms with Gasteiger partial charge in [0.2, 0.25) is 0 Å². The Morgan fingerprint density at radius 1 is 0.969 bits per heavy atom. The number of benzene rings is 1. The second-order valence-electron chi connectivity index (χ2n) is 9.00. The van der Waals surface area contributed by atoms with E-state index in [1.165, 1.54) is 25.9 Å². The molecule has 2 aliphatic rings. The summed E-state index contributed by atoms with van der Waals surface area (Å²) in [6.07, 6.45) is 8.50. The van der Waals surface area contributed by atoms with Crippen molar-refractivity contribution in [1.82, 2.24) is 24.5 Å². The summed E-state index contributed by atoms with van der Waals surface area (Å²) in [7, 11) is 3.31. The van der Waals surface area contributed by atoms with Crippen molar-refractivity contribution in [2.45, 2.75) is 38.6 Å². The van der Waals surface area contributed by atoms with Crippen LogP contribution < -0.4 is 14.4 Å². The average Bonchev–Trinajstić information content (AvgIpc) is 3.32. The van der Waals surface area contributed by atoms with Crippen LogP contribution in [0, 0.1) is 5.92 Å². The fraction of sp³-hybridized carbons (Fsp3) is 0.542. The molecule has 0 radical (unpaired) electrons. The van der Waals surface area contributed by atoms with Crippen molar-refractivity contribution in [2.75, 3.05) is 45.3 Å². The fourth-order valence-corrected chi connectivity index (χ4v) is 5.28. The predicted molar refractivity (Wildman–Crippen MR) is 125 cm³/mol. The van der Waals surface area contributed by atoms with Crippen molar-refractivity contribution in [2.24, 2.45) is 5.92 Å². The molecule has 2 aliphatic heterocycles. The number of piperidine rings is 2. The molecule has 8 heteroatoms. The highest BCUT2D eigenvalue weighted by molar-refractivity contribution is 5.78. The Balaban J connectivity index is 1.46. The van der Waals surface area contributed by atoms with Crippen LogP contribution in [0.15, 0.2) is 30.7 Å². The summed E-state index contributed by atoms with van der Waals surface area (Å²) in [5.74, 6) is 3.89. The number of hydrogen-bond acceptors (Lipinski definition) is 7. The van der Waals surface area contributed by atoms with E-state index in [1.54, 1.807) is 20.5 Å². The molecule has 1 unspecified atom stereocenters. The smallest absolute Gasteiger partial charge is 0.254 e. The summed E-state index contributed by atoms with van der Waals surface area (Å²) in [6, 6.07) is 6.66. The van der Waals surface area contributed by atoms with Gasteiger partial charge in [-0.1, -0.05) is 13.0 Å². The summed E-state index contributed by atoms with van der Waals surface area (Å²) in [4.78, 5) is 14.0.